The van der Waals surface area contributed by atoms with Crippen molar-refractivity contribution < 1.29 is 19.1 Å². The van der Waals surface area contributed by atoms with E-state index in [4.69, 9.17) is 23.2 Å². The fraction of sp³-hybridized carbons (Fsp3) is 0.200. The summed E-state index contributed by atoms with van der Waals surface area (Å²) in [5.74, 6) is -2.04. The number of amides is 2. The third-order valence-electron chi connectivity index (χ3n) is 5.01. The lowest BCUT2D eigenvalue weighted by Gasteiger charge is -2.40. The number of benzene rings is 2. The number of anilines is 1. The Kier molecular flexibility index (Phi) is 5.31. The van der Waals surface area contributed by atoms with Crippen LogP contribution in [0.2, 0.25) is 10.0 Å². The van der Waals surface area contributed by atoms with Crippen molar-refractivity contribution in [3.8, 4) is 0 Å². The molecule has 2 aromatic carbocycles. The van der Waals surface area contributed by atoms with Gasteiger partial charge in [0.15, 0.2) is 0 Å². The molecule has 0 aromatic heterocycles. The van der Waals surface area contributed by atoms with Crippen LogP contribution in [0.4, 0.5) is 10.1 Å². The van der Waals surface area contributed by atoms with Gasteiger partial charge in [0.2, 0.25) is 11.8 Å². The van der Waals surface area contributed by atoms with Crippen molar-refractivity contribution in [2.75, 3.05) is 5.43 Å². The molecule has 2 aromatic rings. The van der Waals surface area contributed by atoms with E-state index >= 15 is 0 Å². The standard InChI is InChI=1S/C20H16Cl2FN3O3/c21-11-3-7-15(14(22)9-11)25-26-16(18(27)10-1-4-12(23)5-2-10)8-6-13-17(26)20(29)24-19(13)28/h1-9,13,16-18,25,27H,(H,24,28,29). The van der Waals surface area contributed by atoms with Crippen molar-refractivity contribution in [2.24, 2.45) is 5.92 Å². The predicted molar refractivity (Wildman–Crippen MR) is 107 cm³/mol. The normalized spacial score (nSPS) is 24.9. The number of imide groups is 1. The van der Waals surface area contributed by atoms with E-state index in [0.29, 0.717) is 21.3 Å². The summed E-state index contributed by atoms with van der Waals surface area (Å²) >= 11 is 12.2. The number of halogens is 3. The number of nitrogens with one attached hydrogen (secondary N) is 2. The molecule has 0 spiro atoms. The Hall–Kier alpha value is -2.45. The van der Waals surface area contributed by atoms with E-state index in [1.54, 1.807) is 24.3 Å². The number of hydrogen-bond donors (Lipinski definition) is 3. The van der Waals surface area contributed by atoms with Crippen molar-refractivity contribution in [3.05, 3.63) is 76.0 Å². The van der Waals surface area contributed by atoms with E-state index in [0.717, 1.165) is 0 Å². The summed E-state index contributed by atoms with van der Waals surface area (Å²) in [7, 11) is 0. The first-order valence-corrected chi connectivity index (χ1v) is 9.57. The van der Waals surface area contributed by atoms with Gasteiger partial charge in [0.25, 0.3) is 0 Å². The Bertz CT molecular complexity index is 999. The quantitative estimate of drug-likeness (QED) is 0.507. The summed E-state index contributed by atoms with van der Waals surface area (Å²) in [6.07, 6.45) is 2.14. The largest absolute Gasteiger partial charge is 0.386 e. The van der Waals surface area contributed by atoms with Gasteiger partial charge in [0.1, 0.15) is 11.9 Å². The molecule has 29 heavy (non-hydrogen) atoms. The molecule has 9 heteroatoms. The van der Waals surface area contributed by atoms with Gasteiger partial charge in [0.05, 0.1) is 28.8 Å². The van der Waals surface area contributed by atoms with Crippen LogP contribution in [-0.2, 0) is 9.59 Å². The second-order valence-electron chi connectivity index (χ2n) is 6.84. The number of carbonyl (C=O) groups excluding carboxylic acids is 2. The minimum absolute atomic E-state index is 0.309. The van der Waals surface area contributed by atoms with Crippen LogP contribution in [0, 0.1) is 11.7 Å². The minimum Gasteiger partial charge on any atom is -0.386 e. The Morgan fingerprint density at radius 2 is 1.79 bits per heavy atom. The van der Waals surface area contributed by atoms with Crippen molar-refractivity contribution in [1.82, 2.24) is 10.3 Å². The van der Waals surface area contributed by atoms with Gasteiger partial charge in [-0.15, -0.1) is 0 Å². The lowest BCUT2D eigenvalue weighted by Crippen LogP contribution is -2.55. The van der Waals surface area contributed by atoms with Gasteiger partial charge >= 0.3 is 0 Å². The Morgan fingerprint density at radius 1 is 1.07 bits per heavy atom. The van der Waals surface area contributed by atoms with Crippen LogP contribution >= 0.6 is 23.2 Å². The molecule has 3 N–H and O–H groups in total. The molecule has 0 radical (unpaired) electrons. The fourth-order valence-electron chi connectivity index (χ4n) is 3.57. The summed E-state index contributed by atoms with van der Waals surface area (Å²) in [6.45, 7) is 0. The lowest BCUT2D eigenvalue weighted by molar-refractivity contribution is -0.126. The fourth-order valence-corrected chi connectivity index (χ4v) is 4.02. The van der Waals surface area contributed by atoms with Gasteiger partial charge in [-0.05, 0) is 35.9 Å². The maximum atomic E-state index is 13.3. The number of fused-ring (bicyclic) bond motifs is 1. The van der Waals surface area contributed by atoms with Gasteiger partial charge in [-0.2, -0.15) is 0 Å². The number of aliphatic hydroxyl groups is 1. The molecule has 2 aliphatic heterocycles. The lowest BCUT2D eigenvalue weighted by atomic mass is 9.90. The molecule has 2 aliphatic rings. The van der Waals surface area contributed by atoms with Crippen LogP contribution in [0.1, 0.15) is 11.7 Å². The van der Waals surface area contributed by atoms with Crippen LogP contribution < -0.4 is 10.7 Å². The topological polar surface area (TPSA) is 81.7 Å². The van der Waals surface area contributed by atoms with Gasteiger partial charge in [-0.25, -0.2) is 9.40 Å². The molecule has 0 aliphatic carbocycles. The van der Waals surface area contributed by atoms with Crippen LogP contribution in [0.15, 0.2) is 54.6 Å². The molecule has 4 unspecified atom stereocenters. The molecule has 6 nitrogen and oxygen atoms in total. The predicted octanol–water partition coefficient (Wildman–Crippen LogP) is 3.07. The average molecular weight is 436 g/mol. The van der Waals surface area contributed by atoms with Crippen LogP contribution in [-0.4, -0.2) is 34.0 Å². The van der Waals surface area contributed by atoms with Crippen LogP contribution in [0.3, 0.4) is 0 Å². The van der Waals surface area contributed by atoms with Gasteiger partial charge < -0.3 is 10.5 Å². The summed E-state index contributed by atoms with van der Waals surface area (Å²) in [5.41, 5.74) is 3.96. The number of carbonyl (C=O) groups is 2. The van der Waals surface area contributed by atoms with E-state index in [2.05, 4.69) is 10.7 Å². The first-order chi connectivity index (χ1) is 13.8. The van der Waals surface area contributed by atoms with E-state index in [9.17, 15) is 19.1 Å². The maximum Gasteiger partial charge on any atom is 0.246 e. The first kappa shape index (κ1) is 19.8. The first-order valence-electron chi connectivity index (χ1n) is 8.82. The Balaban J connectivity index is 1.72. The van der Waals surface area contributed by atoms with Crippen LogP contribution in [0.5, 0.6) is 0 Å². The Labute approximate surface area is 175 Å². The van der Waals surface area contributed by atoms with E-state index in [1.807, 2.05) is 0 Å². The minimum atomic E-state index is -1.10. The highest BCUT2D eigenvalue weighted by molar-refractivity contribution is 6.36. The molecule has 0 saturated carbocycles. The molecule has 4 rings (SSSR count). The molecule has 1 saturated heterocycles. The second kappa shape index (κ2) is 7.76. The molecule has 0 bridgehead atoms. The highest BCUT2D eigenvalue weighted by Gasteiger charge is 2.49. The van der Waals surface area contributed by atoms with E-state index in [1.165, 1.54) is 35.3 Å². The van der Waals surface area contributed by atoms with Gasteiger partial charge in [0, 0.05) is 5.02 Å². The zero-order valence-electron chi connectivity index (χ0n) is 14.9. The smallest absolute Gasteiger partial charge is 0.246 e. The molecule has 1 fully saturated rings. The van der Waals surface area contributed by atoms with E-state index < -0.39 is 41.7 Å². The number of rotatable bonds is 4. The summed E-state index contributed by atoms with van der Waals surface area (Å²) in [5, 5.41) is 15.5. The zero-order valence-corrected chi connectivity index (χ0v) is 16.4. The van der Waals surface area contributed by atoms with Gasteiger partial charge in [-0.1, -0.05) is 47.5 Å². The van der Waals surface area contributed by atoms with Crippen molar-refractivity contribution in [2.45, 2.75) is 18.2 Å². The van der Waals surface area contributed by atoms with Crippen molar-refractivity contribution in [1.29, 1.82) is 0 Å². The molecular weight excluding hydrogens is 420 g/mol. The van der Waals surface area contributed by atoms with Crippen molar-refractivity contribution >= 4 is 40.7 Å². The SMILES string of the molecule is O=C1NC(=O)C2C1C=CC(C(O)c1ccc(F)cc1)N2Nc1ccc(Cl)cc1Cl. The number of nitrogens with zero attached hydrogens (tertiary/aromatic N) is 1. The summed E-state index contributed by atoms with van der Waals surface area (Å²) in [4.78, 5) is 24.6. The molecule has 150 valence electrons. The number of hydrogen-bond acceptors (Lipinski definition) is 5. The highest BCUT2D eigenvalue weighted by atomic mass is 35.5. The maximum absolute atomic E-state index is 13.3. The second-order valence-corrected chi connectivity index (χ2v) is 7.68. The zero-order chi connectivity index (χ0) is 20.7. The molecule has 4 atom stereocenters. The monoisotopic (exact) mass is 435 g/mol. The molecular formula is C20H16Cl2FN3O3. The van der Waals surface area contributed by atoms with Gasteiger partial charge in [-0.3, -0.25) is 14.9 Å². The molecule has 2 heterocycles. The van der Waals surface area contributed by atoms with E-state index in [-0.39, 0.29) is 0 Å². The van der Waals surface area contributed by atoms with Crippen molar-refractivity contribution in [3.63, 3.8) is 0 Å². The summed E-state index contributed by atoms with van der Waals surface area (Å²) < 4.78 is 13.3. The highest BCUT2D eigenvalue weighted by Crippen LogP contribution is 2.35. The van der Waals surface area contributed by atoms with Crippen LogP contribution in [0.25, 0.3) is 0 Å². The third-order valence-corrected chi connectivity index (χ3v) is 5.56. The third kappa shape index (κ3) is 3.74. The molecule has 2 amide bonds. The summed E-state index contributed by atoms with van der Waals surface area (Å²) in [6, 6.07) is 8.59. The average Bonchev–Trinajstić information content (AvgIpc) is 2.98. The number of aliphatic hydroxyl groups excluding tert-OH is 1. The number of hydrazine groups is 1. The Morgan fingerprint density at radius 3 is 2.48 bits per heavy atom.